The number of aliphatic carboxylic acids is 1. The summed E-state index contributed by atoms with van der Waals surface area (Å²) >= 11 is 0. The number of alkyl halides is 3. The number of rotatable bonds is 10. The second-order valence-corrected chi connectivity index (χ2v) is 8.93. The molecule has 1 fully saturated rings. The fraction of sp³-hybridized carbons (Fsp3) is 0.762. The molecule has 0 spiro atoms. The van der Waals surface area contributed by atoms with Gasteiger partial charge in [-0.3, -0.25) is 24.0 Å². The molecule has 0 aromatic carbocycles. The third-order valence-corrected chi connectivity index (χ3v) is 5.87. The van der Waals surface area contributed by atoms with Crippen LogP contribution in [0.3, 0.4) is 0 Å². The summed E-state index contributed by atoms with van der Waals surface area (Å²) in [5.41, 5.74) is -1.96. The smallest absolute Gasteiger partial charge is 0.471 e. The van der Waals surface area contributed by atoms with Crippen molar-refractivity contribution in [3.05, 3.63) is 0 Å². The Hall–Kier alpha value is -2.86. The summed E-state index contributed by atoms with van der Waals surface area (Å²) in [6.07, 6.45) is -4.56. The standard InChI is InChI=1S/C21H33F3N4O6/c1-6-20(4,26-18(33)21(22,23)24)19(34)27(5)15(12(2)3)16(31)25-13(11-14(29)30)17(32)28-9-7-8-10-28/h12-13,15H,6-11H2,1-5H3,(H,25,31)(H,26,33)(H,29,30)/t13-,15-,20?/m0/s1. The van der Waals surface area contributed by atoms with Crippen LogP contribution in [-0.4, -0.2) is 88.4 Å². The van der Waals surface area contributed by atoms with Gasteiger partial charge in [0.2, 0.25) is 17.7 Å². The minimum Gasteiger partial charge on any atom is -0.481 e. The molecule has 10 nitrogen and oxygen atoms in total. The molecule has 1 aliphatic rings. The number of nitrogens with one attached hydrogen (secondary N) is 2. The first-order valence-corrected chi connectivity index (χ1v) is 11.0. The number of hydrogen-bond donors (Lipinski definition) is 3. The van der Waals surface area contributed by atoms with Crippen LogP contribution in [-0.2, 0) is 24.0 Å². The molecule has 1 heterocycles. The number of amides is 4. The van der Waals surface area contributed by atoms with Crippen molar-refractivity contribution in [2.45, 2.75) is 77.2 Å². The second kappa shape index (κ2) is 11.5. The quantitative estimate of drug-likeness (QED) is 0.413. The highest BCUT2D eigenvalue weighted by molar-refractivity contribution is 5.97. The number of carbonyl (C=O) groups excluding carboxylic acids is 4. The van der Waals surface area contributed by atoms with Crippen LogP contribution in [0.2, 0.25) is 0 Å². The fourth-order valence-corrected chi connectivity index (χ4v) is 3.85. The Morgan fingerprint density at radius 1 is 1.09 bits per heavy atom. The van der Waals surface area contributed by atoms with E-state index in [1.807, 2.05) is 0 Å². The molecule has 3 N–H and O–H groups in total. The van der Waals surface area contributed by atoms with Crippen molar-refractivity contribution in [1.29, 1.82) is 0 Å². The van der Waals surface area contributed by atoms with Gasteiger partial charge in [0, 0.05) is 20.1 Å². The summed E-state index contributed by atoms with van der Waals surface area (Å²) < 4.78 is 38.3. The highest BCUT2D eigenvalue weighted by Crippen LogP contribution is 2.22. The lowest BCUT2D eigenvalue weighted by molar-refractivity contribution is -0.177. The van der Waals surface area contributed by atoms with Gasteiger partial charge < -0.3 is 25.5 Å². The number of carbonyl (C=O) groups is 5. The van der Waals surface area contributed by atoms with E-state index in [0.717, 1.165) is 24.7 Å². The number of likely N-dealkylation sites (tertiary alicyclic amines) is 1. The van der Waals surface area contributed by atoms with Crippen LogP contribution in [0, 0.1) is 5.92 Å². The third kappa shape index (κ3) is 7.32. The summed E-state index contributed by atoms with van der Waals surface area (Å²) in [5, 5.41) is 13.3. The van der Waals surface area contributed by atoms with Gasteiger partial charge in [-0.25, -0.2) is 0 Å². The molecule has 0 aromatic heterocycles. The molecule has 1 unspecified atom stereocenters. The summed E-state index contributed by atoms with van der Waals surface area (Å²) in [7, 11) is 1.20. The Kier molecular flexibility index (Phi) is 9.88. The van der Waals surface area contributed by atoms with E-state index >= 15 is 0 Å². The van der Waals surface area contributed by atoms with Crippen LogP contribution in [0.5, 0.6) is 0 Å². The first-order valence-electron chi connectivity index (χ1n) is 11.0. The van der Waals surface area contributed by atoms with Crippen molar-refractivity contribution < 1.29 is 42.3 Å². The number of hydrogen-bond acceptors (Lipinski definition) is 5. The topological polar surface area (TPSA) is 136 Å². The van der Waals surface area contributed by atoms with E-state index in [9.17, 15) is 42.3 Å². The molecule has 3 atom stereocenters. The second-order valence-electron chi connectivity index (χ2n) is 8.93. The maximum atomic E-state index is 13.1. The van der Waals surface area contributed by atoms with Crippen LogP contribution in [0.4, 0.5) is 13.2 Å². The number of carboxylic acid groups (broad SMARTS) is 1. The van der Waals surface area contributed by atoms with Crippen molar-refractivity contribution in [3.63, 3.8) is 0 Å². The van der Waals surface area contributed by atoms with E-state index in [1.54, 1.807) is 19.2 Å². The van der Waals surface area contributed by atoms with E-state index in [1.165, 1.54) is 18.9 Å². The Bertz CT molecular complexity index is 798. The number of nitrogens with zero attached hydrogens (tertiary/aromatic N) is 2. The molecule has 0 saturated carbocycles. The predicted octanol–water partition coefficient (Wildman–Crippen LogP) is 0.899. The van der Waals surface area contributed by atoms with Gasteiger partial charge in [0.25, 0.3) is 0 Å². The molecule has 0 aromatic rings. The van der Waals surface area contributed by atoms with E-state index < -0.39 is 65.7 Å². The first kappa shape index (κ1) is 29.2. The maximum Gasteiger partial charge on any atom is 0.471 e. The summed E-state index contributed by atoms with van der Waals surface area (Å²) in [6.45, 7) is 6.56. The SMILES string of the molecule is CCC(C)(NC(=O)C(F)(F)F)C(=O)N(C)[C@H](C(=O)N[C@@H](CC(=O)O)C(=O)N1CCCC1)C(C)C. The van der Waals surface area contributed by atoms with Gasteiger partial charge in [0.15, 0.2) is 0 Å². The summed E-state index contributed by atoms with van der Waals surface area (Å²) in [5.74, 6) is -6.48. The van der Waals surface area contributed by atoms with Crippen LogP contribution in [0.1, 0.15) is 53.4 Å². The van der Waals surface area contributed by atoms with Gasteiger partial charge in [-0.15, -0.1) is 0 Å². The van der Waals surface area contributed by atoms with Gasteiger partial charge >= 0.3 is 18.1 Å². The molecule has 194 valence electrons. The highest BCUT2D eigenvalue weighted by atomic mass is 19.4. The zero-order chi connectivity index (χ0) is 26.4. The van der Waals surface area contributed by atoms with Crippen molar-refractivity contribution in [2.24, 2.45) is 5.92 Å². The average molecular weight is 495 g/mol. The predicted molar refractivity (Wildman–Crippen MR) is 114 cm³/mol. The van der Waals surface area contributed by atoms with Crippen molar-refractivity contribution >= 4 is 29.6 Å². The van der Waals surface area contributed by atoms with Gasteiger partial charge in [0.05, 0.1) is 6.42 Å². The Morgan fingerprint density at radius 3 is 2.03 bits per heavy atom. The van der Waals surface area contributed by atoms with Crippen molar-refractivity contribution in [3.8, 4) is 0 Å². The third-order valence-electron chi connectivity index (χ3n) is 5.87. The number of halogens is 3. The van der Waals surface area contributed by atoms with Crippen LogP contribution in [0.15, 0.2) is 0 Å². The largest absolute Gasteiger partial charge is 0.481 e. The van der Waals surface area contributed by atoms with E-state index in [0.29, 0.717) is 13.1 Å². The molecule has 1 rings (SSSR count). The minimum absolute atomic E-state index is 0.195. The number of carboxylic acids is 1. The highest BCUT2D eigenvalue weighted by Gasteiger charge is 2.47. The molecule has 0 bridgehead atoms. The van der Waals surface area contributed by atoms with E-state index in [-0.39, 0.29) is 6.42 Å². The monoisotopic (exact) mass is 494 g/mol. The molecule has 0 aliphatic carbocycles. The Morgan fingerprint density at radius 2 is 1.62 bits per heavy atom. The Balaban J connectivity index is 3.13. The molecule has 34 heavy (non-hydrogen) atoms. The first-order chi connectivity index (χ1) is 15.5. The minimum atomic E-state index is -5.20. The summed E-state index contributed by atoms with van der Waals surface area (Å²) in [4.78, 5) is 64.1. The number of likely N-dealkylation sites (N-methyl/N-ethyl adjacent to an activating group) is 1. The van der Waals surface area contributed by atoms with E-state index in [2.05, 4.69) is 5.32 Å². The zero-order valence-electron chi connectivity index (χ0n) is 20.0. The van der Waals surface area contributed by atoms with Gasteiger partial charge in [-0.05, 0) is 32.1 Å². The average Bonchev–Trinajstić information content (AvgIpc) is 3.25. The van der Waals surface area contributed by atoms with Crippen LogP contribution < -0.4 is 10.6 Å². The molecule has 13 heteroatoms. The maximum absolute atomic E-state index is 13.1. The molecule has 1 aliphatic heterocycles. The van der Waals surface area contributed by atoms with Crippen molar-refractivity contribution in [2.75, 3.05) is 20.1 Å². The molecular formula is C21H33F3N4O6. The molecule has 4 amide bonds. The van der Waals surface area contributed by atoms with Gasteiger partial charge in [-0.2, -0.15) is 13.2 Å². The van der Waals surface area contributed by atoms with Crippen LogP contribution in [0.25, 0.3) is 0 Å². The summed E-state index contributed by atoms with van der Waals surface area (Å²) in [6, 6.07) is -2.61. The fourth-order valence-electron chi connectivity index (χ4n) is 3.85. The molecular weight excluding hydrogens is 461 g/mol. The molecule has 1 saturated heterocycles. The zero-order valence-corrected chi connectivity index (χ0v) is 20.0. The van der Waals surface area contributed by atoms with E-state index in [4.69, 9.17) is 0 Å². The Labute approximate surface area is 196 Å². The van der Waals surface area contributed by atoms with Crippen LogP contribution >= 0.6 is 0 Å². The lowest BCUT2D eigenvalue weighted by atomic mass is 9.93. The normalized spacial score (nSPS) is 17.5. The molecule has 0 radical (unpaired) electrons. The lowest BCUT2D eigenvalue weighted by Crippen LogP contribution is -2.63. The van der Waals surface area contributed by atoms with Gasteiger partial charge in [-0.1, -0.05) is 20.8 Å². The van der Waals surface area contributed by atoms with Gasteiger partial charge in [0.1, 0.15) is 17.6 Å². The lowest BCUT2D eigenvalue weighted by Gasteiger charge is -2.38. The van der Waals surface area contributed by atoms with Crippen molar-refractivity contribution in [1.82, 2.24) is 20.4 Å².